The molecule has 1 N–H and O–H groups in total. The second-order valence-electron chi connectivity index (χ2n) is 8.30. The first kappa shape index (κ1) is 22.7. The van der Waals surface area contributed by atoms with E-state index in [-0.39, 0.29) is 18.1 Å². The van der Waals surface area contributed by atoms with Crippen molar-refractivity contribution in [2.45, 2.75) is 13.1 Å². The third-order valence-electron chi connectivity index (χ3n) is 5.85. The Morgan fingerprint density at radius 2 is 1.76 bits per heavy atom. The summed E-state index contributed by atoms with van der Waals surface area (Å²) in [5, 5.41) is 32.4. The minimum absolute atomic E-state index is 0.100. The van der Waals surface area contributed by atoms with E-state index in [4.69, 9.17) is 9.61 Å². The monoisotopic (exact) mass is 502 g/mol. The first-order chi connectivity index (χ1) is 18.7. The lowest BCUT2D eigenvalue weighted by Crippen LogP contribution is -2.21. The van der Waals surface area contributed by atoms with Crippen molar-refractivity contribution in [3.8, 4) is 29.0 Å². The van der Waals surface area contributed by atoms with Gasteiger partial charge in [-0.1, -0.05) is 60.7 Å². The SMILES string of the molecule is N#Cc1ccccc1Cn1c(-c2nonc2NC(=O)Cn2nnc(-c3ccccc3)n2)nc2ccccc21. The maximum Gasteiger partial charge on any atom is 0.249 e. The number of nitriles is 1. The van der Waals surface area contributed by atoms with Crippen LogP contribution in [-0.2, 0) is 17.9 Å². The van der Waals surface area contributed by atoms with Crippen molar-refractivity contribution in [1.82, 2.24) is 40.1 Å². The van der Waals surface area contributed by atoms with Gasteiger partial charge in [-0.2, -0.15) is 10.1 Å². The lowest BCUT2D eigenvalue weighted by molar-refractivity contribution is -0.117. The minimum atomic E-state index is -0.448. The fourth-order valence-electron chi connectivity index (χ4n) is 4.08. The number of imidazole rings is 1. The van der Waals surface area contributed by atoms with Crippen LogP contribution in [-0.4, -0.2) is 46.0 Å². The Morgan fingerprint density at radius 1 is 0.974 bits per heavy atom. The number of hydrogen-bond donors (Lipinski definition) is 1. The zero-order chi connectivity index (χ0) is 25.9. The summed E-state index contributed by atoms with van der Waals surface area (Å²) in [6.07, 6.45) is 0. The molecule has 3 aromatic heterocycles. The first-order valence-electron chi connectivity index (χ1n) is 11.6. The molecule has 0 bridgehead atoms. The summed E-state index contributed by atoms with van der Waals surface area (Å²) in [5.41, 5.74) is 3.96. The van der Waals surface area contributed by atoms with Crippen LogP contribution in [0.5, 0.6) is 0 Å². The van der Waals surface area contributed by atoms with Crippen molar-refractivity contribution < 1.29 is 9.42 Å². The number of fused-ring (bicyclic) bond motifs is 1. The molecule has 3 aromatic carbocycles. The number of benzene rings is 3. The number of nitrogens with one attached hydrogen (secondary N) is 1. The van der Waals surface area contributed by atoms with Crippen molar-refractivity contribution in [3.05, 3.63) is 90.0 Å². The maximum atomic E-state index is 12.8. The molecule has 12 heteroatoms. The molecular weight excluding hydrogens is 484 g/mol. The van der Waals surface area contributed by atoms with Crippen LogP contribution in [0.1, 0.15) is 11.1 Å². The molecule has 184 valence electrons. The summed E-state index contributed by atoms with van der Waals surface area (Å²) in [7, 11) is 0. The van der Waals surface area contributed by atoms with E-state index in [0.29, 0.717) is 23.8 Å². The maximum absolute atomic E-state index is 12.8. The fraction of sp³-hybridized carbons (Fsp3) is 0.0769. The Kier molecular flexibility index (Phi) is 5.83. The van der Waals surface area contributed by atoms with Crippen molar-refractivity contribution >= 4 is 22.8 Å². The highest BCUT2D eigenvalue weighted by Crippen LogP contribution is 2.29. The lowest BCUT2D eigenvalue weighted by Gasteiger charge is -2.10. The number of para-hydroxylation sites is 2. The molecule has 0 aliphatic rings. The average molecular weight is 502 g/mol. The normalized spacial score (nSPS) is 10.9. The van der Waals surface area contributed by atoms with Crippen LogP contribution in [0.15, 0.2) is 83.5 Å². The molecule has 0 saturated carbocycles. The molecule has 0 aliphatic carbocycles. The Morgan fingerprint density at radius 3 is 2.63 bits per heavy atom. The molecule has 1 amide bonds. The first-order valence-corrected chi connectivity index (χ1v) is 11.6. The van der Waals surface area contributed by atoms with E-state index in [0.717, 1.165) is 22.2 Å². The topological polar surface area (TPSA) is 153 Å². The minimum Gasteiger partial charge on any atom is -0.318 e. The second-order valence-corrected chi connectivity index (χ2v) is 8.30. The number of anilines is 1. The van der Waals surface area contributed by atoms with Crippen LogP contribution in [0.3, 0.4) is 0 Å². The smallest absolute Gasteiger partial charge is 0.249 e. The molecule has 12 nitrogen and oxygen atoms in total. The van der Waals surface area contributed by atoms with Gasteiger partial charge in [0.1, 0.15) is 6.54 Å². The number of aromatic nitrogens is 8. The molecule has 0 saturated heterocycles. The molecular formula is C26H18N10O2. The van der Waals surface area contributed by atoms with Crippen molar-refractivity contribution in [3.63, 3.8) is 0 Å². The molecule has 0 spiro atoms. The Hall–Kier alpha value is -5.70. The van der Waals surface area contributed by atoms with Crippen LogP contribution >= 0.6 is 0 Å². The van der Waals surface area contributed by atoms with Crippen LogP contribution in [0.4, 0.5) is 5.82 Å². The third-order valence-corrected chi connectivity index (χ3v) is 5.85. The summed E-state index contributed by atoms with van der Waals surface area (Å²) in [6.45, 7) is 0.156. The van der Waals surface area contributed by atoms with E-state index in [2.05, 4.69) is 37.1 Å². The van der Waals surface area contributed by atoms with Crippen LogP contribution in [0.25, 0.3) is 33.9 Å². The van der Waals surface area contributed by atoms with Gasteiger partial charge in [0.2, 0.25) is 17.5 Å². The zero-order valence-corrected chi connectivity index (χ0v) is 19.8. The molecule has 0 unspecified atom stereocenters. The number of rotatable bonds is 7. The van der Waals surface area contributed by atoms with E-state index in [1.165, 1.54) is 4.80 Å². The van der Waals surface area contributed by atoms with Gasteiger partial charge in [-0.25, -0.2) is 9.61 Å². The highest BCUT2D eigenvalue weighted by molar-refractivity contribution is 5.93. The molecule has 0 aliphatic heterocycles. The average Bonchev–Trinajstić information content (AvgIpc) is 3.69. The Bertz CT molecular complexity index is 1800. The van der Waals surface area contributed by atoms with Crippen molar-refractivity contribution in [2.24, 2.45) is 0 Å². The molecule has 0 radical (unpaired) electrons. The standard InChI is InChI=1S/C26H18N10O2/c27-14-18-10-4-5-11-19(18)15-35-21-13-7-6-12-20(21)28-26(35)23-25(33-38-32-23)29-22(37)16-36-31-24(30-34-36)17-8-2-1-3-9-17/h1-13H,15-16H2,(H,29,33,37). The number of hydrogen-bond acceptors (Lipinski definition) is 9. The van der Waals surface area contributed by atoms with Gasteiger partial charge < -0.3 is 9.88 Å². The van der Waals surface area contributed by atoms with Gasteiger partial charge in [0.25, 0.3) is 0 Å². The number of carbonyl (C=O) groups is 1. The highest BCUT2D eigenvalue weighted by Gasteiger charge is 2.23. The molecule has 6 rings (SSSR count). The van der Waals surface area contributed by atoms with Crippen LogP contribution in [0.2, 0.25) is 0 Å². The Balaban J connectivity index is 1.29. The zero-order valence-electron chi connectivity index (χ0n) is 19.8. The van der Waals surface area contributed by atoms with E-state index in [1.54, 1.807) is 6.07 Å². The Labute approximate surface area is 215 Å². The summed E-state index contributed by atoms with van der Waals surface area (Å²) in [5.74, 6) is 0.495. The largest absolute Gasteiger partial charge is 0.318 e. The second kappa shape index (κ2) is 9.75. The van der Waals surface area contributed by atoms with Gasteiger partial charge in [-0.05, 0) is 39.3 Å². The lowest BCUT2D eigenvalue weighted by atomic mass is 10.1. The molecule has 0 fully saturated rings. The summed E-state index contributed by atoms with van der Waals surface area (Å²) in [4.78, 5) is 18.7. The van der Waals surface area contributed by atoms with Crippen molar-refractivity contribution in [2.75, 3.05) is 5.32 Å². The van der Waals surface area contributed by atoms with E-state index in [9.17, 15) is 10.1 Å². The predicted octanol–water partition coefficient (Wildman–Crippen LogP) is 3.30. The highest BCUT2D eigenvalue weighted by atomic mass is 16.6. The quantitative estimate of drug-likeness (QED) is 0.346. The fourth-order valence-corrected chi connectivity index (χ4v) is 4.08. The number of nitrogens with zero attached hydrogens (tertiary/aromatic N) is 9. The van der Waals surface area contributed by atoms with Gasteiger partial charge in [0.05, 0.1) is 29.2 Å². The van der Waals surface area contributed by atoms with Gasteiger partial charge in [0, 0.05) is 5.56 Å². The van der Waals surface area contributed by atoms with E-state index in [1.807, 2.05) is 77.4 Å². The van der Waals surface area contributed by atoms with Gasteiger partial charge in [0.15, 0.2) is 11.5 Å². The summed E-state index contributed by atoms with van der Waals surface area (Å²) >= 11 is 0. The van der Waals surface area contributed by atoms with Crippen molar-refractivity contribution in [1.29, 1.82) is 5.26 Å². The van der Waals surface area contributed by atoms with Crippen LogP contribution in [0, 0.1) is 11.3 Å². The van der Waals surface area contributed by atoms with Gasteiger partial charge >= 0.3 is 0 Å². The van der Waals surface area contributed by atoms with E-state index >= 15 is 0 Å². The number of amides is 1. The molecule has 38 heavy (non-hydrogen) atoms. The van der Waals surface area contributed by atoms with E-state index < -0.39 is 5.91 Å². The van der Waals surface area contributed by atoms with Crippen LogP contribution < -0.4 is 5.32 Å². The number of tetrazole rings is 1. The van der Waals surface area contributed by atoms with Gasteiger partial charge in [-0.15, -0.1) is 10.2 Å². The molecule has 6 aromatic rings. The predicted molar refractivity (Wildman–Crippen MR) is 135 cm³/mol. The third kappa shape index (κ3) is 4.35. The summed E-state index contributed by atoms with van der Waals surface area (Å²) < 4.78 is 6.90. The summed E-state index contributed by atoms with van der Waals surface area (Å²) in [6, 6.07) is 26.5. The molecule has 3 heterocycles. The molecule has 0 atom stereocenters. The number of carbonyl (C=O) groups excluding carboxylic acids is 1. The van der Waals surface area contributed by atoms with Gasteiger partial charge in [-0.3, -0.25) is 4.79 Å².